The van der Waals surface area contributed by atoms with Gasteiger partial charge in [-0.1, -0.05) is 12.1 Å². The second kappa shape index (κ2) is 11.7. The summed E-state index contributed by atoms with van der Waals surface area (Å²) in [5, 5.41) is 0. The average Bonchev–Trinajstić information content (AvgIpc) is 2.80. The van der Waals surface area contributed by atoms with E-state index in [1.807, 2.05) is 0 Å². The summed E-state index contributed by atoms with van der Waals surface area (Å²) in [7, 11) is 1.48. The molecule has 0 bridgehead atoms. The Labute approximate surface area is 182 Å². The Kier molecular flexibility index (Phi) is 8.97. The number of carbonyl (C=O) groups is 1. The maximum Gasteiger partial charge on any atom is 0.305 e. The number of rotatable bonds is 9. The van der Waals surface area contributed by atoms with E-state index in [0.717, 1.165) is 71.9 Å². The summed E-state index contributed by atoms with van der Waals surface area (Å²) in [6.07, 6.45) is 2.56. The van der Waals surface area contributed by atoms with E-state index in [4.69, 9.17) is 9.47 Å². The molecule has 2 aliphatic heterocycles. The first-order chi connectivity index (χ1) is 14.6. The van der Waals surface area contributed by atoms with Crippen LogP contribution in [0.25, 0.3) is 0 Å². The van der Waals surface area contributed by atoms with Crippen LogP contribution in [0.3, 0.4) is 0 Å². The molecule has 30 heavy (non-hydrogen) atoms. The number of likely N-dealkylation sites (tertiary alicyclic amines) is 1. The third-order valence-electron chi connectivity index (χ3n) is 6.71. The Bertz CT molecular complexity index is 642. The first kappa shape index (κ1) is 23.0. The molecule has 0 amide bonds. The number of nitrogens with zero attached hydrogens (tertiary/aromatic N) is 3. The standard InChI is InChI=1S/C24H39N3O3/c1-4-26(5-2)22-9-6-20(7-10-22)18-25-13-12-23(27-14-16-30-17-15-27)21(19-25)8-11-24(28)29-3/h6-7,9-10,21,23H,4-5,8,11-19H2,1-3H3/t21-,23+/m0/s1. The molecule has 0 aromatic heterocycles. The Morgan fingerprint density at radius 2 is 1.83 bits per heavy atom. The van der Waals surface area contributed by atoms with Crippen molar-refractivity contribution in [1.82, 2.24) is 9.80 Å². The highest BCUT2D eigenvalue weighted by atomic mass is 16.5. The molecular formula is C24H39N3O3. The monoisotopic (exact) mass is 417 g/mol. The van der Waals surface area contributed by atoms with E-state index in [1.54, 1.807) is 0 Å². The van der Waals surface area contributed by atoms with Crippen molar-refractivity contribution in [3.63, 3.8) is 0 Å². The van der Waals surface area contributed by atoms with Gasteiger partial charge in [-0.2, -0.15) is 0 Å². The van der Waals surface area contributed by atoms with Crippen LogP contribution in [0.5, 0.6) is 0 Å². The SMILES string of the molecule is CCN(CC)c1ccc(CN2CC[C@@H](N3CCOCC3)[C@@H](CCC(=O)OC)C2)cc1. The zero-order valence-electron chi connectivity index (χ0n) is 19.0. The van der Waals surface area contributed by atoms with Crippen molar-refractivity contribution in [2.24, 2.45) is 5.92 Å². The summed E-state index contributed by atoms with van der Waals surface area (Å²) in [6, 6.07) is 9.57. The van der Waals surface area contributed by atoms with Crippen molar-refractivity contribution in [3.8, 4) is 0 Å². The van der Waals surface area contributed by atoms with Gasteiger partial charge in [0.25, 0.3) is 0 Å². The highest BCUT2D eigenvalue weighted by Gasteiger charge is 2.34. The lowest BCUT2D eigenvalue weighted by molar-refractivity contribution is -0.141. The van der Waals surface area contributed by atoms with Gasteiger partial charge in [0, 0.05) is 57.4 Å². The van der Waals surface area contributed by atoms with Crippen LogP contribution in [0.15, 0.2) is 24.3 Å². The largest absolute Gasteiger partial charge is 0.469 e. The molecular weight excluding hydrogens is 378 g/mol. The predicted octanol–water partition coefficient (Wildman–Crippen LogP) is 3.01. The Hall–Kier alpha value is -1.63. The van der Waals surface area contributed by atoms with Gasteiger partial charge in [-0.05, 0) is 56.8 Å². The molecule has 0 radical (unpaired) electrons. The van der Waals surface area contributed by atoms with Gasteiger partial charge in [-0.15, -0.1) is 0 Å². The lowest BCUT2D eigenvalue weighted by Gasteiger charge is -2.45. The smallest absolute Gasteiger partial charge is 0.305 e. The molecule has 2 heterocycles. The Morgan fingerprint density at radius 1 is 1.13 bits per heavy atom. The molecule has 3 rings (SSSR count). The fourth-order valence-electron chi connectivity index (χ4n) is 4.98. The fourth-order valence-corrected chi connectivity index (χ4v) is 4.98. The van der Waals surface area contributed by atoms with E-state index >= 15 is 0 Å². The number of piperidine rings is 1. The summed E-state index contributed by atoms with van der Waals surface area (Å²) in [6.45, 7) is 13.2. The quantitative estimate of drug-likeness (QED) is 0.576. The molecule has 2 atom stereocenters. The van der Waals surface area contributed by atoms with Crippen LogP contribution in [0.4, 0.5) is 5.69 Å². The molecule has 0 unspecified atom stereocenters. The molecule has 168 valence electrons. The van der Waals surface area contributed by atoms with Gasteiger partial charge in [-0.25, -0.2) is 0 Å². The number of benzene rings is 1. The van der Waals surface area contributed by atoms with Crippen molar-refractivity contribution in [1.29, 1.82) is 0 Å². The molecule has 2 saturated heterocycles. The predicted molar refractivity (Wildman–Crippen MR) is 121 cm³/mol. The number of hydrogen-bond donors (Lipinski definition) is 0. The number of morpholine rings is 1. The number of hydrogen-bond acceptors (Lipinski definition) is 6. The first-order valence-corrected chi connectivity index (χ1v) is 11.6. The van der Waals surface area contributed by atoms with Gasteiger partial charge in [0.15, 0.2) is 0 Å². The molecule has 2 fully saturated rings. The number of esters is 1. The summed E-state index contributed by atoms with van der Waals surface area (Å²) in [5.74, 6) is 0.394. The third kappa shape index (κ3) is 6.19. The molecule has 2 aliphatic rings. The van der Waals surface area contributed by atoms with Crippen molar-refractivity contribution in [2.45, 2.75) is 45.7 Å². The molecule has 6 heteroatoms. The zero-order chi connectivity index (χ0) is 21.3. The van der Waals surface area contributed by atoms with Gasteiger partial charge in [0.1, 0.15) is 0 Å². The average molecular weight is 418 g/mol. The van der Waals surface area contributed by atoms with Gasteiger partial charge >= 0.3 is 5.97 Å². The van der Waals surface area contributed by atoms with Gasteiger partial charge < -0.3 is 14.4 Å². The van der Waals surface area contributed by atoms with Crippen LogP contribution in [-0.2, 0) is 20.8 Å². The van der Waals surface area contributed by atoms with Crippen molar-refractivity contribution < 1.29 is 14.3 Å². The number of ether oxygens (including phenoxy) is 2. The van der Waals surface area contributed by atoms with E-state index in [2.05, 4.69) is 52.8 Å². The van der Waals surface area contributed by atoms with E-state index in [0.29, 0.717) is 18.4 Å². The summed E-state index contributed by atoms with van der Waals surface area (Å²) >= 11 is 0. The van der Waals surface area contributed by atoms with Crippen LogP contribution in [0, 0.1) is 5.92 Å². The van der Waals surface area contributed by atoms with E-state index in [9.17, 15) is 4.79 Å². The minimum absolute atomic E-state index is 0.0974. The second-order valence-corrected chi connectivity index (χ2v) is 8.45. The van der Waals surface area contributed by atoms with E-state index < -0.39 is 0 Å². The summed E-state index contributed by atoms with van der Waals surface area (Å²) < 4.78 is 10.5. The fraction of sp³-hybridized carbons (Fsp3) is 0.708. The lowest BCUT2D eigenvalue weighted by Crippen LogP contribution is -2.53. The molecule has 0 N–H and O–H groups in total. The molecule has 0 spiro atoms. The van der Waals surface area contributed by atoms with Gasteiger partial charge in [0.05, 0.1) is 20.3 Å². The number of methoxy groups -OCH3 is 1. The van der Waals surface area contributed by atoms with Crippen molar-refractivity contribution >= 4 is 11.7 Å². The van der Waals surface area contributed by atoms with Crippen LogP contribution in [0.2, 0.25) is 0 Å². The van der Waals surface area contributed by atoms with Crippen LogP contribution >= 0.6 is 0 Å². The first-order valence-electron chi connectivity index (χ1n) is 11.6. The van der Waals surface area contributed by atoms with E-state index in [-0.39, 0.29) is 5.97 Å². The van der Waals surface area contributed by atoms with Crippen molar-refractivity contribution in [2.75, 3.05) is 64.5 Å². The summed E-state index contributed by atoms with van der Waals surface area (Å²) in [5.41, 5.74) is 2.66. The Morgan fingerprint density at radius 3 is 2.47 bits per heavy atom. The molecule has 0 aliphatic carbocycles. The topological polar surface area (TPSA) is 45.2 Å². The van der Waals surface area contributed by atoms with Gasteiger partial charge in [-0.3, -0.25) is 14.6 Å². The van der Waals surface area contributed by atoms with Crippen LogP contribution < -0.4 is 4.90 Å². The zero-order valence-corrected chi connectivity index (χ0v) is 19.0. The third-order valence-corrected chi connectivity index (χ3v) is 6.71. The summed E-state index contributed by atoms with van der Waals surface area (Å²) in [4.78, 5) is 19.3. The number of anilines is 1. The maximum atomic E-state index is 11.8. The minimum atomic E-state index is -0.0974. The molecule has 6 nitrogen and oxygen atoms in total. The van der Waals surface area contributed by atoms with E-state index in [1.165, 1.54) is 18.4 Å². The second-order valence-electron chi connectivity index (χ2n) is 8.45. The van der Waals surface area contributed by atoms with Crippen LogP contribution in [0.1, 0.15) is 38.7 Å². The minimum Gasteiger partial charge on any atom is -0.469 e. The highest BCUT2D eigenvalue weighted by Crippen LogP contribution is 2.28. The molecule has 1 aromatic rings. The lowest BCUT2D eigenvalue weighted by atomic mass is 9.86. The number of carbonyl (C=O) groups excluding carboxylic acids is 1. The Balaban J connectivity index is 1.61. The molecule has 0 saturated carbocycles. The van der Waals surface area contributed by atoms with Crippen molar-refractivity contribution in [3.05, 3.63) is 29.8 Å². The normalized spacial score (nSPS) is 23.3. The van der Waals surface area contributed by atoms with Crippen LogP contribution in [-0.4, -0.2) is 81.4 Å². The van der Waals surface area contributed by atoms with Gasteiger partial charge in [0.2, 0.25) is 0 Å². The molecule has 1 aromatic carbocycles. The maximum absolute atomic E-state index is 11.8. The highest BCUT2D eigenvalue weighted by molar-refractivity contribution is 5.69.